The highest BCUT2D eigenvalue weighted by Gasteiger charge is 2.38. The van der Waals surface area contributed by atoms with Crippen molar-refractivity contribution in [3.8, 4) is 16.9 Å². The molecular weight excluding hydrogens is 338 g/mol. The minimum Gasteiger partial charge on any atom is -0.489 e. The molecule has 2 aliphatic rings. The van der Waals surface area contributed by atoms with Crippen LogP contribution < -0.4 is 15.8 Å². The summed E-state index contributed by atoms with van der Waals surface area (Å²) < 4.78 is 6.39. The third-order valence-corrected chi connectivity index (χ3v) is 5.07. The number of rotatable bonds is 4. The van der Waals surface area contributed by atoms with Crippen molar-refractivity contribution < 1.29 is 9.53 Å². The lowest BCUT2D eigenvalue weighted by Gasteiger charge is -2.23. The first-order chi connectivity index (χ1) is 11.7. The molecule has 1 aliphatic heterocycles. The average molecular weight is 360 g/mol. The zero-order valence-corrected chi connectivity index (χ0v) is 14.7. The summed E-state index contributed by atoms with van der Waals surface area (Å²) in [6.45, 7) is 2.13. The number of hydrogen-bond donors (Lipinski definition) is 2. The highest BCUT2D eigenvalue weighted by atomic mass is 35.5. The fourth-order valence-corrected chi connectivity index (χ4v) is 3.89. The third kappa shape index (κ3) is 3.62. The Morgan fingerprint density at radius 1 is 1.20 bits per heavy atom. The van der Waals surface area contributed by atoms with Crippen molar-refractivity contribution in [1.29, 1.82) is 0 Å². The van der Waals surface area contributed by atoms with Gasteiger partial charge in [0.1, 0.15) is 11.9 Å². The van der Waals surface area contributed by atoms with Gasteiger partial charge in [-0.25, -0.2) is 0 Å². The summed E-state index contributed by atoms with van der Waals surface area (Å²) in [4.78, 5) is 15.6. The van der Waals surface area contributed by atoms with E-state index in [-0.39, 0.29) is 18.5 Å². The maximum absolute atomic E-state index is 11.4. The molecule has 6 heteroatoms. The van der Waals surface area contributed by atoms with Crippen LogP contribution in [0.5, 0.6) is 5.75 Å². The number of nitrogens with zero attached hydrogens (tertiary/aromatic N) is 1. The molecule has 2 fully saturated rings. The average Bonchev–Trinajstić information content (AvgIpc) is 2.88. The predicted molar refractivity (Wildman–Crippen MR) is 98.9 cm³/mol. The van der Waals surface area contributed by atoms with Crippen LogP contribution in [0.4, 0.5) is 0 Å². The number of primary amides is 1. The summed E-state index contributed by atoms with van der Waals surface area (Å²) in [5, 5.41) is 3.49. The quantitative estimate of drug-likeness (QED) is 0.879. The van der Waals surface area contributed by atoms with Gasteiger partial charge in [-0.2, -0.15) is 0 Å². The first-order valence-electron chi connectivity index (χ1n) is 8.42. The molecule has 3 N–H and O–H groups in total. The normalized spacial score (nSPS) is 24.4. The van der Waals surface area contributed by atoms with Gasteiger partial charge in [0, 0.05) is 36.0 Å². The first-order valence-corrected chi connectivity index (χ1v) is 8.42. The summed E-state index contributed by atoms with van der Waals surface area (Å²) >= 11 is 0. The summed E-state index contributed by atoms with van der Waals surface area (Å²) in [7, 11) is 0. The van der Waals surface area contributed by atoms with Crippen molar-refractivity contribution in [1.82, 2.24) is 10.3 Å². The van der Waals surface area contributed by atoms with E-state index in [9.17, 15) is 4.79 Å². The molecular formula is C19H22ClN3O2. The Bertz CT molecular complexity index is 768. The fraction of sp³-hybridized carbons (Fsp3) is 0.368. The molecule has 0 radical (unpaired) electrons. The standard InChI is InChI=1S/C19H21N3O2.ClH/c20-19(23)15-7-13(9-22-11-15)16-3-1-2-4-17(16)24-18-6-12-5-14(18)10-21-8-12;/h1-4,7,9,11-12,14,18,21H,5-6,8,10H2,(H2,20,23);1H/t12-,14-,18+;/m1./s1. The number of fused-ring (bicyclic) bond motifs is 2. The van der Waals surface area contributed by atoms with Gasteiger partial charge < -0.3 is 15.8 Å². The Morgan fingerprint density at radius 2 is 2.04 bits per heavy atom. The number of carbonyl (C=O) groups excluding carboxylic acids is 1. The van der Waals surface area contributed by atoms with E-state index in [0.29, 0.717) is 11.5 Å². The van der Waals surface area contributed by atoms with Crippen molar-refractivity contribution in [2.24, 2.45) is 17.6 Å². The summed E-state index contributed by atoms with van der Waals surface area (Å²) in [6.07, 6.45) is 5.83. The number of benzene rings is 1. The van der Waals surface area contributed by atoms with E-state index in [2.05, 4.69) is 10.3 Å². The van der Waals surface area contributed by atoms with Crippen molar-refractivity contribution in [2.75, 3.05) is 13.1 Å². The van der Waals surface area contributed by atoms with Gasteiger partial charge in [-0.1, -0.05) is 18.2 Å². The number of aromatic nitrogens is 1. The number of pyridine rings is 1. The number of ether oxygens (including phenoxy) is 1. The fourth-order valence-electron chi connectivity index (χ4n) is 3.89. The molecule has 1 aromatic carbocycles. The Labute approximate surface area is 153 Å². The van der Waals surface area contributed by atoms with Gasteiger partial charge in [0.15, 0.2) is 0 Å². The van der Waals surface area contributed by atoms with Gasteiger partial charge in [0.05, 0.1) is 5.56 Å². The number of nitrogens with two attached hydrogens (primary N) is 1. The maximum Gasteiger partial charge on any atom is 0.250 e. The van der Waals surface area contributed by atoms with Gasteiger partial charge in [-0.05, 0) is 37.4 Å². The van der Waals surface area contributed by atoms with Gasteiger partial charge >= 0.3 is 0 Å². The molecule has 2 heterocycles. The molecule has 1 saturated carbocycles. The summed E-state index contributed by atoms with van der Waals surface area (Å²) in [5.41, 5.74) is 7.57. The molecule has 0 spiro atoms. The lowest BCUT2D eigenvalue weighted by atomic mass is 10.0. The molecule has 4 rings (SSSR count). The lowest BCUT2D eigenvalue weighted by Crippen LogP contribution is -2.34. The number of nitrogens with one attached hydrogen (secondary N) is 1. The molecule has 25 heavy (non-hydrogen) atoms. The number of carbonyl (C=O) groups is 1. The van der Waals surface area contributed by atoms with Crippen molar-refractivity contribution in [3.05, 3.63) is 48.3 Å². The highest BCUT2D eigenvalue weighted by Crippen LogP contribution is 2.38. The third-order valence-electron chi connectivity index (χ3n) is 5.07. The van der Waals surface area contributed by atoms with Gasteiger partial charge in [0.25, 0.3) is 0 Å². The van der Waals surface area contributed by atoms with E-state index in [4.69, 9.17) is 10.5 Å². The van der Waals surface area contributed by atoms with Crippen LogP contribution >= 0.6 is 12.4 Å². The van der Waals surface area contributed by atoms with E-state index in [0.717, 1.165) is 42.3 Å². The van der Waals surface area contributed by atoms with Crippen LogP contribution in [0.25, 0.3) is 11.1 Å². The molecule has 3 atom stereocenters. The Balaban J connectivity index is 0.00000182. The van der Waals surface area contributed by atoms with Gasteiger partial charge in [-0.15, -0.1) is 12.4 Å². The molecule has 1 saturated heterocycles. The van der Waals surface area contributed by atoms with Crippen LogP contribution in [-0.4, -0.2) is 30.1 Å². The van der Waals surface area contributed by atoms with E-state index < -0.39 is 5.91 Å². The van der Waals surface area contributed by atoms with E-state index in [1.54, 1.807) is 12.3 Å². The van der Waals surface area contributed by atoms with Crippen LogP contribution in [0, 0.1) is 11.8 Å². The van der Waals surface area contributed by atoms with Crippen LogP contribution in [0.2, 0.25) is 0 Å². The molecule has 132 valence electrons. The number of para-hydroxylation sites is 1. The topological polar surface area (TPSA) is 77.2 Å². The number of amides is 1. The monoisotopic (exact) mass is 359 g/mol. The minimum atomic E-state index is -0.474. The van der Waals surface area contributed by atoms with E-state index >= 15 is 0 Å². The molecule has 5 nitrogen and oxygen atoms in total. The van der Waals surface area contributed by atoms with E-state index in [1.165, 1.54) is 12.6 Å². The second kappa shape index (κ2) is 7.42. The van der Waals surface area contributed by atoms with E-state index in [1.807, 2.05) is 24.3 Å². The molecule has 2 aromatic rings. The summed E-state index contributed by atoms with van der Waals surface area (Å²) in [5.74, 6) is 1.67. The molecule has 1 aliphatic carbocycles. The SMILES string of the molecule is Cl.NC(=O)c1cncc(-c2ccccc2O[C@H]2C[C@@H]3CNC[C@H]2C3)c1. The number of piperidine rings is 1. The maximum atomic E-state index is 11.4. The highest BCUT2D eigenvalue weighted by molar-refractivity contribution is 5.93. The van der Waals surface area contributed by atoms with Crippen LogP contribution in [-0.2, 0) is 0 Å². The van der Waals surface area contributed by atoms with Crippen LogP contribution in [0.15, 0.2) is 42.7 Å². The van der Waals surface area contributed by atoms with Crippen molar-refractivity contribution in [3.63, 3.8) is 0 Å². The van der Waals surface area contributed by atoms with Crippen molar-refractivity contribution in [2.45, 2.75) is 18.9 Å². The Hall–Kier alpha value is -2.11. The zero-order valence-electron chi connectivity index (χ0n) is 13.9. The number of halogens is 1. The van der Waals surface area contributed by atoms with Crippen LogP contribution in [0.1, 0.15) is 23.2 Å². The largest absolute Gasteiger partial charge is 0.489 e. The molecule has 1 amide bonds. The number of hydrogen-bond acceptors (Lipinski definition) is 4. The second-order valence-corrected chi connectivity index (χ2v) is 6.73. The lowest BCUT2D eigenvalue weighted by molar-refractivity contribution is 0.1000. The zero-order chi connectivity index (χ0) is 16.5. The minimum absolute atomic E-state index is 0. The smallest absolute Gasteiger partial charge is 0.250 e. The Morgan fingerprint density at radius 3 is 2.84 bits per heavy atom. The molecule has 1 aromatic heterocycles. The predicted octanol–water partition coefficient (Wildman–Crippen LogP) is 2.65. The van der Waals surface area contributed by atoms with Gasteiger partial charge in [-0.3, -0.25) is 9.78 Å². The first kappa shape index (κ1) is 17.7. The van der Waals surface area contributed by atoms with Crippen LogP contribution in [0.3, 0.4) is 0 Å². The second-order valence-electron chi connectivity index (χ2n) is 6.73. The van der Waals surface area contributed by atoms with Crippen molar-refractivity contribution >= 4 is 18.3 Å². The molecule has 0 unspecified atom stereocenters. The molecule has 2 bridgehead atoms. The Kier molecular flexibility index (Phi) is 5.25. The summed E-state index contributed by atoms with van der Waals surface area (Å²) in [6, 6.07) is 9.70. The van der Waals surface area contributed by atoms with Gasteiger partial charge in [0.2, 0.25) is 5.91 Å².